The topological polar surface area (TPSA) is 9.23 Å². The minimum atomic E-state index is 0.815. The zero-order valence-electron chi connectivity index (χ0n) is 8.85. The Hall–Kier alpha value is -0.500. The summed E-state index contributed by atoms with van der Waals surface area (Å²) in [5, 5.41) is 1.06. The van der Waals surface area contributed by atoms with Gasteiger partial charge in [0.1, 0.15) is 5.75 Å². The fraction of sp³-hybridized carbons (Fsp3) is 0.500. The first-order valence-corrected chi connectivity index (χ1v) is 6.13. The van der Waals surface area contributed by atoms with Crippen LogP contribution in [0.4, 0.5) is 0 Å². The molecule has 14 heavy (non-hydrogen) atoms. The summed E-state index contributed by atoms with van der Waals surface area (Å²) in [6.07, 6.45) is 2.28. The minimum absolute atomic E-state index is 0.815. The Balaban J connectivity index is 2.46. The quantitative estimate of drug-likeness (QED) is 0.575. The molecule has 0 aliphatic rings. The minimum Gasteiger partial charge on any atom is -0.493 e. The van der Waals surface area contributed by atoms with E-state index in [9.17, 15) is 0 Å². The largest absolute Gasteiger partial charge is 0.493 e. The maximum Gasteiger partial charge on any atom is 0.122 e. The first-order chi connectivity index (χ1) is 6.75. The maximum absolute atomic E-state index is 5.70. The van der Waals surface area contributed by atoms with Crippen LogP contribution in [0.5, 0.6) is 5.75 Å². The molecule has 0 amide bonds. The lowest BCUT2D eigenvalue weighted by atomic mass is 10.1. The molecular formula is C12H17BrO. The average molecular weight is 257 g/mol. The molecule has 1 rings (SSSR count). The fourth-order valence-electron chi connectivity index (χ4n) is 1.26. The molecule has 0 spiro atoms. The van der Waals surface area contributed by atoms with Crippen molar-refractivity contribution in [3.05, 3.63) is 29.3 Å². The molecule has 0 bridgehead atoms. The van der Waals surface area contributed by atoms with Gasteiger partial charge in [-0.3, -0.25) is 0 Å². The average Bonchev–Trinajstić information content (AvgIpc) is 2.19. The van der Waals surface area contributed by atoms with Gasteiger partial charge < -0.3 is 4.74 Å². The Morgan fingerprint density at radius 1 is 1.21 bits per heavy atom. The van der Waals surface area contributed by atoms with Crippen molar-refractivity contribution in [1.82, 2.24) is 0 Å². The van der Waals surface area contributed by atoms with Crippen LogP contribution in [0.15, 0.2) is 18.2 Å². The van der Waals surface area contributed by atoms with Crippen LogP contribution < -0.4 is 4.74 Å². The lowest BCUT2D eigenvalue weighted by Gasteiger charge is -2.10. The number of halogens is 1. The van der Waals surface area contributed by atoms with Crippen LogP contribution in [0.1, 0.15) is 24.0 Å². The van der Waals surface area contributed by atoms with Crippen LogP contribution >= 0.6 is 15.9 Å². The molecule has 1 nitrogen and oxygen atoms in total. The Morgan fingerprint density at radius 3 is 2.71 bits per heavy atom. The monoisotopic (exact) mass is 256 g/mol. The van der Waals surface area contributed by atoms with E-state index in [1.165, 1.54) is 17.5 Å². The summed E-state index contributed by atoms with van der Waals surface area (Å²) in [6, 6.07) is 6.19. The number of rotatable bonds is 5. The van der Waals surface area contributed by atoms with Gasteiger partial charge in [0.25, 0.3) is 0 Å². The van der Waals surface area contributed by atoms with Gasteiger partial charge in [0.05, 0.1) is 6.61 Å². The van der Waals surface area contributed by atoms with Crippen molar-refractivity contribution in [1.29, 1.82) is 0 Å². The molecule has 1 aromatic carbocycles. The molecule has 0 aliphatic carbocycles. The molecular weight excluding hydrogens is 240 g/mol. The van der Waals surface area contributed by atoms with Gasteiger partial charge in [0.15, 0.2) is 0 Å². The molecule has 0 aromatic heterocycles. The van der Waals surface area contributed by atoms with Crippen LogP contribution in [0.2, 0.25) is 0 Å². The molecule has 0 aliphatic heterocycles. The normalized spacial score (nSPS) is 10.2. The fourth-order valence-corrected chi connectivity index (χ4v) is 1.66. The highest BCUT2D eigenvalue weighted by Crippen LogP contribution is 2.20. The Bertz CT molecular complexity index is 284. The van der Waals surface area contributed by atoms with Crippen LogP contribution in [-0.2, 0) is 0 Å². The molecule has 0 radical (unpaired) electrons. The zero-order chi connectivity index (χ0) is 10.4. The van der Waals surface area contributed by atoms with Crippen molar-refractivity contribution in [3.8, 4) is 5.75 Å². The second-order valence-electron chi connectivity index (χ2n) is 3.44. The van der Waals surface area contributed by atoms with Gasteiger partial charge in [0.2, 0.25) is 0 Å². The van der Waals surface area contributed by atoms with E-state index < -0.39 is 0 Å². The summed E-state index contributed by atoms with van der Waals surface area (Å²) in [6.45, 7) is 5.03. The molecule has 0 saturated heterocycles. The molecule has 0 fully saturated rings. The second kappa shape index (κ2) is 6.07. The van der Waals surface area contributed by atoms with Crippen molar-refractivity contribution in [2.24, 2.45) is 0 Å². The summed E-state index contributed by atoms with van der Waals surface area (Å²) >= 11 is 3.41. The highest BCUT2D eigenvalue weighted by Gasteiger charge is 2.00. The van der Waals surface area contributed by atoms with Crippen molar-refractivity contribution < 1.29 is 4.74 Å². The van der Waals surface area contributed by atoms with Gasteiger partial charge in [-0.15, -0.1) is 0 Å². The SMILES string of the molecule is Cc1cccc(OCCCCBr)c1C. The van der Waals surface area contributed by atoms with Crippen LogP contribution in [-0.4, -0.2) is 11.9 Å². The highest BCUT2D eigenvalue weighted by atomic mass is 79.9. The third kappa shape index (κ3) is 3.33. The van der Waals surface area contributed by atoms with E-state index in [2.05, 4.69) is 35.8 Å². The molecule has 1 aromatic rings. The van der Waals surface area contributed by atoms with Crippen LogP contribution in [0, 0.1) is 13.8 Å². The summed E-state index contributed by atoms with van der Waals surface area (Å²) in [5.74, 6) is 1.03. The molecule has 78 valence electrons. The lowest BCUT2D eigenvalue weighted by molar-refractivity contribution is 0.308. The third-order valence-corrected chi connectivity index (χ3v) is 2.90. The number of unbranched alkanes of at least 4 members (excludes halogenated alkanes) is 1. The Labute approximate surface area is 94.6 Å². The van der Waals surface area contributed by atoms with E-state index in [1.54, 1.807) is 0 Å². The number of hydrogen-bond acceptors (Lipinski definition) is 1. The van der Waals surface area contributed by atoms with Gasteiger partial charge in [-0.05, 0) is 43.9 Å². The van der Waals surface area contributed by atoms with Crippen LogP contribution in [0.3, 0.4) is 0 Å². The van der Waals surface area contributed by atoms with Crippen molar-refractivity contribution in [2.75, 3.05) is 11.9 Å². The summed E-state index contributed by atoms with van der Waals surface area (Å²) in [4.78, 5) is 0. The highest BCUT2D eigenvalue weighted by molar-refractivity contribution is 9.09. The molecule has 0 heterocycles. The van der Waals surface area contributed by atoms with E-state index in [4.69, 9.17) is 4.74 Å². The first kappa shape index (κ1) is 11.6. The second-order valence-corrected chi connectivity index (χ2v) is 4.24. The smallest absolute Gasteiger partial charge is 0.122 e. The molecule has 2 heteroatoms. The number of aryl methyl sites for hydroxylation is 1. The number of hydrogen-bond donors (Lipinski definition) is 0. The van der Waals surface area contributed by atoms with Crippen molar-refractivity contribution in [2.45, 2.75) is 26.7 Å². The van der Waals surface area contributed by atoms with Gasteiger partial charge in [0, 0.05) is 5.33 Å². The van der Waals surface area contributed by atoms with Gasteiger partial charge in [-0.25, -0.2) is 0 Å². The van der Waals surface area contributed by atoms with E-state index in [0.717, 1.165) is 24.1 Å². The third-order valence-electron chi connectivity index (χ3n) is 2.34. The summed E-state index contributed by atoms with van der Waals surface area (Å²) in [5.41, 5.74) is 2.55. The number of ether oxygens (including phenoxy) is 1. The summed E-state index contributed by atoms with van der Waals surface area (Å²) in [7, 11) is 0. The van der Waals surface area contributed by atoms with Crippen LogP contribution in [0.25, 0.3) is 0 Å². The molecule has 0 atom stereocenters. The number of benzene rings is 1. The van der Waals surface area contributed by atoms with E-state index in [-0.39, 0.29) is 0 Å². The zero-order valence-corrected chi connectivity index (χ0v) is 10.4. The standard InChI is InChI=1S/C12H17BrO/c1-10-6-5-7-12(11(10)2)14-9-4-3-8-13/h5-7H,3-4,8-9H2,1-2H3. The number of alkyl halides is 1. The van der Waals surface area contributed by atoms with Gasteiger partial charge >= 0.3 is 0 Å². The Morgan fingerprint density at radius 2 is 2.00 bits per heavy atom. The lowest BCUT2D eigenvalue weighted by Crippen LogP contribution is -1.99. The Kier molecular flexibility index (Phi) is 5.02. The van der Waals surface area contributed by atoms with E-state index >= 15 is 0 Å². The van der Waals surface area contributed by atoms with E-state index in [0.29, 0.717) is 0 Å². The van der Waals surface area contributed by atoms with Gasteiger partial charge in [-0.1, -0.05) is 28.1 Å². The van der Waals surface area contributed by atoms with Crippen molar-refractivity contribution >= 4 is 15.9 Å². The summed E-state index contributed by atoms with van der Waals surface area (Å²) < 4.78 is 5.70. The van der Waals surface area contributed by atoms with Crippen molar-refractivity contribution in [3.63, 3.8) is 0 Å². The molecule has 0 unspecified atom stereocenters. The molecule has 0 N–H and O–H groups in total. The van der Waals surface area contributed by atoms with Gasteiger partial charge in [-0.2, -0.15) is 0 Å². The maximum atomic E-state index is 5.70. The predicted octanol–water partition coefficient (Wildman–Crippen LogP) is 3.86. The molecule has 0 saturated carbocycles. The predicted molar refractivity (Wildman–Crippen MR) is 64.4 cm³/mol. The first-order valence-electron chi connectivity index (χ1n) is 5.00. The van der Waals surface area contributed by atoms with E-state index in [1.807, 2.05) is 12.1 Å².